The lowest BCUT2D eigenvalue weighted by Crippen LogP contribution is -2.29. The van der Waals surface area contributed by atoms with Crippen LogP contribution in [0.1, 0.15) is 38.6 Å². The molecule has 0 aliphatic carbocycles. The largest absolute Gasteiger partial charge is 0.467 e. The second-order valence-corrected chi connectivity index (χ2v) is 6.53. The van der Waals surface area contributed by atoms with Crippen molar-refractivity contribution in [1.82, 2.24) is 4.90 Å². The molecule has 1 amide bonds. The lowest BCUT2D eigenvalue weighted by molar-refractivity contribution is 0.0710. The second kappa shape index (κ2) is 6.87. The molecule has 23 heavy (non-hydrogen) atoms. The fourth-order valence-corrected chi connectivity index (χ4v) is 3.59. The number of carbonyl (C=O) groups is 1. The first-order valence-corrected chi connectivity index (χ1v) is 8.42. The van der Waals surface area contributed by atoms with E-state index < -0.39 is 0 Å². The molecular weight excluding hydrogens is 310 g/mol. The monoisotopic (exact) mass is 329 g/mol. The van der Waals surface area contributed by atoms with Gasteiger partial charge in [0.1, 0.15) is 11.5 Å². The van der Waals surface area contributed by atoms with Crippen LogP contribution in [0, 0.1) is 6.92 Å². The van der Waals surface area contributed by atoms with Gasteiger partial charge in [-0.25, -0.2) is 0 Å². The Balaban J connectivity index is 1.84. The molecule has 0 N–H and O–H groups in total. The van der Waals surface area contributed by atoms with Gasteiger partial charge in [-0.3, -0.25) is 4.79 Å². The molecule has 3 aromatic heterocycles. The van der Waals surface area contributed by atoms with Crippen molar-refractivity contribution in [1.29, 1.82) is 0 Å². The maximum atomic E-state index is 12.9. The fraction of sp³-hybridized carbons (Fsp3) is 0.278. The molecule has 3 heterocycles. The Labute approximate surface area is 139 Å². The summed E-state index contributed by atoms with van der Waals surface area (Å²) in [5, 5.41) is 0. The Kier molecular flexibility index (Phi) is 4.67. The summed E-state index contributed by atoms with van der Waals surface area (Å²) in [5.74, 6) is 1.52. The van der Waals surface area contributed by atoms with Gasteiger partial charge >= 0.3 is 0 Å². The van der Waals surface area contributed by atoms with E-state index in [9.17, 15) is 4.79 Å². The van der Waals surface area contributed by atoms with Gasteiger partial charge in [-0.1, -0.05) is 6.92 Å². The molecule has 0 saturated heterocycles. The topological polar surface area (TPSA) is 46.6 Å². The molecule has 0 fully saturated rings. The molecule has 0 unspecified atom stereocenters. The van der Waals surface area contributed by atoms with E-state index in [0.29, 0.717) is 13.1 Å². The van der Waals surface area contributed by atoms with E-state index in [1.807, 2.05) is 30.3 Å². The average Bonchev–Trinajstić information content (AvgIpc) is 3.27. The number of nitrogens with zero attached hydrogens (tertiary/aromatic N) is 1. The molecule has 3 rings (SSSR count). The van der Waals surface area contributed by atoms with Crippen LogP contribution in [-0.2, 0) is 19.5 Å². The molecule has 3 aromatic rings. The highest BCUT2D eigenvalue weighted by Crippen LogP contribution is 2.25. The summed E-state index contributed by atoms with van der Waals surface area (Å²) < 4.78 is 10.8. The number of thiophene rings is 1. The predicted molar refractivity (Wildman–Crippen MR) is 89.4 cm³/mol. The zero-order valence-corrected chi connectivity index (χ0v) is 14.1. The molecule has 4 nitrogen and oxygen atoms in total. The van der Waals surface area contributed by atoms with Crippen LogP contribution in [0.15, 0.2) is 51.7 Å². The molecule has 0 atom stereocenters. The molecule has 120 valence electrons. The van der Waals surface area contributed by atoms with Crippen molar-refractivity contribution >= 4 is 17.2 Å². The number of rotatable bonds is 6. The molecule has 0 saturated carbocycles. The molecule has 5 heteroatoms. The van der Waals surface area contributed by atoms with E-state index in [-0.39, 0.29) is 5.91 Å². The van der Waals surface area contributed by atoms with E-state index >= 15 is 0 Å². The first-order chi connectivity index (χ1) is 11.2. The van der Waals surface area contributed by atoms with Crippen LogP contribution in [0.4, 0.5) is 0 Å². The third kappa shape index (κ3) is 3.56. The lowest BCUT2D eigenvalue weighted by atomic mass is 10.2. The highest BCUT2D eigenvalue weighted by molar-refractivity contribution is 7.14. The Bertz CT molecular complexity index is 720. The summed E-state index contributed by atoms with van der Waals surface area (Å²) in [6.07, 6.45) is 4.19. The van der Waals surface area contributed by atoms with Gasteiger partial charge in [0.25, 0.3) is 5.91 Å². The SMILES string of the molecule is CCc1sc(C(=O)N(Cc2ccco2)Cc2ccco2)cc1C. The number of hydrogen-bond acceptors (Lipinski definition) is 4. The molecule has 0 aliphatic heterocycles. The summed E-state index contributed by atoms with van der Waals surface area (Å²) in [4.78, 5) is 16.7. The predicted octanol–water partition coefficient (Wildman–Crippen LogP) is 4.65. The van der Waals surface area contributed by atoms with Crippen LogP contribution in [0.25, 0.3) is 0 Å². The smallest absolute Gasteiger partial charge is 0.264 e. The van der Waals surface area contributed by atoms with Crippen molar-refractivity contribution in [2.75, 3.05) is 0 Å². The molecule has 0 radical (unpaired) electrons. The van der Waals surface area contributed by atoms with Crippen LogP contribution in [0.3, 0.4) is 0 Å². The first kappa shape index (κ1) is 15.6. The zero-order chi connectivity index (χ0) is 16.2. The van der Waals surface area contributed by atoms with Crippen LogP contribution >= 0.6 is 11.3 Å². The number of amides is 1. The zero-order valence-electron chi connectivity index (χ0n) is 13.2. The lowest BCUT2D eigenvalue weighted by Gasteiger charge is -2.19. The van der Waals surface area contributed by atoms with E-state index in [1.165, 1.54) is 10.4 Å². The minimum Gasteiger partial charge on any atom is -0.467 e. The summed E-state index contributed by atoms with van der Waals surface area (Å²) in [5.41, 5.74) is 1.18. The van der Waals surface area contributed by atoms with Crippen molar-refractivity contribution in [2.45, 2.75) is 33.4 Å². The molecule has 0 aromatic carbocycles. The summed E-state index contributed by atoms with van der Waals surface area (Å²) in [6, 6.07) is 9.38. The van der Waals surface area contributed by atoms with Gasteiger partial charge in [-0.15, -0.1) is 11.3 Å². The Hall–Kier alpha value is -2.27. The minimum absolute atomic E-state index is 0.00519. The fourth-order valence-electron chi connectivity index (χ4n) is 2.51. The molecule has 0 bridgehead atoms. The van der Waals surface area contributed by atoms with E-state index in [1.54, 1.807) is 28.8 Å². The summed E-state index contributed by atoms with van der Waals surface area (Å²) in [6.45, 7) is 5.00. The minimum atomic E-state index is 0.00519. The second-order valence-electron chi connectivity index (χ2n) is 5.39. The molecule has 0 aliphatic rings. The third-order valence-electron chi connectivity index (χ3n) is 3.69. The van der Waals surface area contributed by atoms with Crippen LogP contribution in [0.5, 0.6) is 0 Å². The molecular formula is C18H19NO3S. The van der Waals surface area contributed by atoms with Gasteiger partial charge in [0.2, 0.25) is 0 Å². The number of furan rings is 2. The number of hydrogen-bond donors (Lipinski definition) is 0. The maximum Gasteiger partial charge on any atom is 0.264 e. The Morgan fingerprint density at radius 3 is 2.17 bits per heavy atom. The van der Waals surface area contributed by atoms with Crippen molar-refractivity contribution in [3.05, 3.63) is 69.7 Å². The van der Waals surface area contributed by atoms with Gasteiger partial charge in [-0.05, 0) is 49.2 Å². The summed E-state index contributed by atoms with van der Waals surface area (Å²) in [7, 11) is 0. The van der Waals surface area contributed by atoms with Crippen LogP contribution < -0.4 is 0 Å². The number of aryl methyl sites for hydroxylation is 2. The van der Waals surface area contributed by atoms with Crippen LogP contribution in [-0.4, -0.2) is 10.8 Å². The standard InChI is InChI=1S/C18H19NO3S/c1-3-16-13(2)10-17(23-16)18(20)19(11-14-6-4-8-21-14)12-15-7-5-9-22-15/h4-10H,3,11-12H2,1-2H3. The van der Waals surface area contributed by atoms with Gasteiger partial charge in [0.15, 0.2) is 0 Å². The molecule has 0 spiro atoms. The van der Waals surface area contributed by atoms with E-state index in [2.05, 4.69) is 13.8 Å². The Morgan fingerprint density at radius 2 is 1.74 bits per heavy atom. The number of carbonyl (C=O) groups excluding carboxylic acids is 1. The summed E-state index contributed by atoms with van der Waals surface area (Å²) >= 11 is 1.57. The third-order valence-corrected chi connectivity index (χ3v) is 5.06. The van der Waals surface area contributed by atoms with Gasteiger partial charge in [0.05, 0.1) is 30.5 Å². The highest BCUT2D eigenvalue weighted by atomic mass is 32.1. The van der Waals surface area contributed by atoms with Crippen molar-refractivity contribution in [3.63, 3.8) is 0 Å². The van der Waals surface area contributed by atoms with Gasteiger partial charge in [-0.2, -0.15) is 0 Å². The van der Waals surface area contributed by atoms with E-state index in [4.69, 9.17) is 8.83 Å². The Morgan fingerprint density at radius 1 is 1.13 bits per heavy atom. The maximum absolute atomic E-state index is 12.9. The van der Waals surface area contributed by atoms with Crippen molar-refractivity contribution in [3.8, 4) is 0 Å². The van der Waals surface area contributed by atoms with Crippen molar-refractivity contribution < 1.29 is 13.6 Å². The van der Waals surface area contributed by atoms with Crippen molar-refractivity contribution in [2.24, 2.45) is 0 Å². The van der Waals surface area contributed by atoms with E-state index in [0.717, 1.165) is 22.8 Å². The van der Waals surface area contributed by atoms with Gasteiger partial charge in [0, 0.05) is 4.88 Å². The highest BCUT2D eigenvalue weighted by Gasteiger charge is 2.21. The first-order valence-electron chi connectivity index (χ1n) is 7.60. The van der Waals surface area contributed by atoms with Gasteiger partial charge < -0.3 is 13.7 Å². The normalized spacial score (nSPS) is 10.9. The van der Waals surface area contributed by atoms with Crippen LogP contribution in [0.2, 0.25) is 0 Å². The quantitative estimate of drug-likeness (QED) is 0.661. The average molecular weight is 329 g/mol.